The zero-order chi connectivity index (χ0) is 21.4. The van der Waals surface area contributed by atoms with E-state index in [2.05, 4.69) is 10.4 Å². The summed E-state index contributed by atoms with van der Waals surface area (Å²) in [6.45, 7) is 2.90. The first kappa shape index (κ1) is 21.8. The van der Waals surface area contributed by atoms with Crippen LogP contribution in [0.2, 0.25) is 0 Å². The fourth-order valence-electron chi connectivity index (χ4n) is 3.36. The number of sulfone groups is 1. The lowest BCUT2D eigenvalue weighted by molar-refractivity contribution is 0.0952. The largest absolute Gasteiger partial charge is 0.352 e. The fraction of sp³-hybridized carbons (Fsp3) is 0.304. The monoisotopic (exact) mass is 425 g/mol. The summed E-state index contributed by atoms with van der Waals surface area (Å²) in [5, 5.41) is 7.21. The van der Waals surface area contributed by atoms with Crippen molar-refractivity contribution in [3.05, 3.63) is 89.2 Å². The van der Waals surface area contributed by atoms with Crippen molar-refractivity contribution in [3.8, 4) is 0 Å². The zero-order valence-electron chi connectivity index (χ0n) is 17.1. The third-order valence-corrected chi connectivity index (χ3v) is 6.53. The number of rotatable bonds is 10. The molecule has 0 unspecified atom stereocenters. The molecular weight excluding hydrogens is 398 g/mol. The smallest absolute Gasteiger partial charge is 0.254 e. The van der Waals surface area contributed by atoms with E-state index in [1.165, 1.54) is 0 Å². The van der Waals surface area contributed by atoms with E-state index in [1.54, 1.807) is 18.3 Å². The first-order valence-electron chi connectivity index (χ1n) is 10.1. The van der Waals surface area contributed by atoms with Crippen molar-refractivity contribution in [2.75, 3.05) is 12.3 Å². The predicted octanol–water partition coefficient (Wildman–Crippen LogP) is 3.23. The Morgan fingerprint density at radius 1 is 1.00 bits per heavy atom. The van der Waals surface area contributed by atoms with Gasteiger partial charge in [0.1, 0.15) is 0 Å². The molecule has 7 heteroatoms. The van der Waals surface area contributed by atoms with Crippen molar-refractivity contribution in [2.24, 2.45) is 0 Å². The minimum absolute atomic E-state index is 0.0219. The molecule has 1 heterocycles. The van der Waals surface area contributed by atoms with Crippen LogP contribution in [0.1, 0.15) is 40.5 Å². The molecule has 3 rings (SSSR count). The Balaban J connectivity index is 1.52. The Hall–Kier alpha value is -2.93. The Kier molecular flexibility index (Phi) is 7.41. The molecule has 0 radical (unpaired) electrons. The molecule has 1 amide bonds. The number of hydrogen-bond donors (Lipinski definition) is 1. The van der Waals surface area contributed by atoms with Crippen LogP contribution >= 0.6 is 0 Å². The molecule has 0 spiro atoms. The van der Waals surface area contributed by atoms with E-state index in [4.69, 9.17) is 0 Å². The van der Waals surface area contributed by atoms with Crippen molar-refractivity contribution in [1.29, 1.82) is 0 Å². The van der Waals surface area contributed by atoms with Crippen LogP contribution in [0, 0.1) is 0 Å². The Morgan fingerprint density at radius 3 is 2.27 bits per heavy atom. The average Bonchev–Trinajstić information content (AvgIpc) is 3.15. The Labute approximate surface area is 177 Å². The van der Waals surface area contributed by atoms with Gasteiger partial charge in [-0.25, -0.2) is 8.42 Å². The maximum atomic E-state index is 12.6. The molecule has 158 valence electrons. The summed E-state index contributed by atoms with van der Waals surface area (Å²) in [5.74, 6) is -0.156. The normalized spacial score (nSPS) is 11.4. The van der Waals surface area contributed by atoms with E-state index >= 15 is 0 Å². The first-order chi connectivity index (χ1) is 14.5. The highest BCUT2D eigenvalue weighted by atomic mass is 32.2. The Bertz CT molecular complexity index is 1060. The molecule has 1 N–H and O–H groups in total. The highest BCUT2D eigenvalue weighted by Crippen LogP contribution is 2.13. The highest BCUT2D eigenvalue weighted by Gasteiger charge is 2.17. The van der Waals surface area contributed by atoms with E-state index in [0.717, 1.165) is 16.8 Å². The van der Waals surface area contributed by atoms with Gasteiger partial charge in [-0.1, -0.05) is 67.6 Å². The standard InChI is InChI=1S/C23H27N3O3S/c1-2-22-21(16-25-26(22)17-19-10-5-3-6-11-19)23(27)24-14-9-15-30(28,29)18-20-12-7-4-8-13-20/h3-8,10-13,16H,2,9,14-15,17-18H2,1H3,(H,24,27). The van der Waals surface area contributed by atoms with Crippen LogP contribution in [0.5, 0.6) is 0 Å². The minimum atomic E-state index is -3.21. The number of benzene rings is 2. The van der Waals surface area contributed by atoms with Crippen LogP contribution in [0.15, 0.2) is 66.9 Å². The molecule has 0 saturated carbocycles. The molecule has 1 aromatic heterocycles. The molecule has 2 aromatic carbocycles. The van der Waals surface area contributed by atoms with Crippen LogP contribution in [0.25, 0.3) is 0 Å². The molecule has 0 atom stereocenters. The topological polar surface area (TPSA) is 81.1 Å². The minimum Gasteiger partial charge on any atom is -0.352 e. The second-order valence-electron chi connectivity index (χ2n) is 7.19. The second-order valence-corrected chi connectivity index (χ2v) is 9.37. The number of hydrogen-bond acceptors (Lipinski definition) is 4. The quantitative estimate of drug-likeness (QED) is 0.506. The van der Waals surface area contributed by atoms with Crippen molar-refractivity contribution in [3.63, 3.8) is 0 Å². The van der Waals surface area contributed by atoms with Crippen molar-refractivity contribution < 1.29 is 13.2 Å². The first-order valence-corrected chi connectivity index (χ1v) is 11.9. The van der Waals surface area contributed by atoms with Gasteiger partial charge in [-0.3, -0.25) is 9.48 Å². The van der Waals surface area contributed by atoms with Crippen molar-refractivity contribution in [2.45, 2.75) is 32.1 Å². The van der Waals surface area contributed by atoms with E-state index in [0.29, 0.717) is 31.5 Å². The lowest BCUT2D eigenvalue weighted by Gasteiger charge is -2.09. The predicted molar refractivity (Wildman–Crippen MR) is 118 cm³/mol. The van der Waals surface area contributed by atoms with Gasteiger partial charge in [0.15, 0.2) is 9.84 Å². The third-order valence-electron chi connectivity index (χ3n) is 4.85. The molecule has 30 heavy (non-hydrogen) atoms. The molecule has 0 bridgehead atoms. The molecule has 0 aliphatic rings. The maximum Gasteiger partial charge on any atom is 0.254 e. The van der Waals surface area contributed by atoms with Crippen LogP contribution in [0.4, 0.5) is 0 Å². The second kappa shape index (κ2) is 10.2. The van der Waals surface area contributed by atoms with Gasteiger partial charge in [0.05, 0.1) is 35.5 Å². The average molecular weight is 426 g/mol. The van der Waals surface area contributed by atoms with Crippen LogP contribution < -0.4 is 5.32 Å². The summed E-state index contributed by atoms with van der Waals surface area (Å²) in [7, 11) is -3.21. The molecular formula is C23H27N3O3S. The summed E-state index contributed by atoms with van der Waals surface area (Å²) in [6, 6.07) is 19.1. The summed E-state index contributed by atoms with van der Waals surface area (Å²) in [6.07, 6.45) is 2.64. The summed E-state index contributed by atoms with van der Waals surface area (Å²) < 4.78 is 26.4. The number of carbonyl (C=O) groups excluding carboxylic acids is 1. The lowest BCUT2D eigenvalue weighted by atomic mass is 10.1. The SMILES string of the molecule is CCc1c(C(=O)NCCCS(=O)(=O)Cc2ccccc2)cnn1Cc1ccccc1. The number of carbonyl (C=O) groups is 1. The number of nitrogens with one attached hydrogen (secondary N) is 1. The van der Waals surface area contributed by atoms with Gasteiger partial charge in [-0.15, -0.1) is 0 Å². The molecule has 0 saturated heterocycles. The van der Waals surface area contributed by atoms with Gasteiger partial charge < -0.3 is 5.32 Å². The van der Waals surface area contributed by atoms with Gasteiger partial charge in [0, 0.05) is 6.54 Å². The molecule has 0 aliphatic carbocycles. The summed E-state index contributed by atoms with van der Waals surface area (Å²) in [5.41, 5.74) is 3.31. The maximum absolute atomic E-state index is 12.6. The number of amides is 1. The molecule has 3 aromatic rings. The van der Waals surface area contributed by atoms with Gasteiger partial charge in [-0.2, -0.15) is 5.10 Å². The zero-order valence-corrected chi connectivity index (χ0v) is 17.9. The van der Waals surface area contributed by atoms with Gasteiger partial charge in [-0.05, 0) is 24.0 Å². The number of nitrogens with zero attached hydrogens (tertiary/aromatic N) is 2. The van der Waals surface area contributed by atoms with Gasteiger partial charge in [0.25, 0.3) is 5.91 Å². The fourth-order valence-corrected chi connectivity index (χ4v) is 4.78. The summed E-state index contributed by atoms with van der Waals surface area (Å²) >= 11 is 0. The lowest BCUT2D eigenvalue weighted by Crippen LogP contribution is -2.27. The number of aromatic nitrogens is 2. The van der Waals surface area contributed by atoms with E-state index in [-0.39, 0.29) is 17.4 Å². The van der Waals surface area contributed by atoms with Gasteiger partial charge in [0.2, 0.25) is 0 Å². The summed E-state index contributed by atoms with van der Waals surface area (Å²) in [4.78, 5) is 12.6. The molecule has 6 nitrogen and oxygen atoms in total. The molecule has 0 aliphatic heterocycles. The highest BCUT2D eigenvalue weighted by molar-refractivity contribution is 7.90. The van der Waals surface area contributed by atoms with Crippen LogP contribution in [-0.2, 0) is 28.6 Å². The Morgan fingerprint density at radius 2 is 1.63 bits per heavy atom. The van der Waals surface area contributed by atoms with Crippen molar-refractivity contribution in [1.82, 2.24) is 15.1 Å². The van der Waals surface area contributed by atoms with Crippen molar-refractivity contribution >= 4 is 15.7 Å². The third kappa shape index (κ3) is 6.03. The van der Waals surface area contributed by atoms with E-state index < -0.39 is 9.84 Å². The van der Waals surface area contributed by atoms with E-state index in [1.807, 2.05) is 60.1 Å². The molecule has 0 fully saturated rings. The van der Waals surface area contributed by atoms with E-state index in [9.17, 15) is 13.2 Å². The van der Waals surface area contributed by atoms with Gasteiger partial charge >= 0.3 is 0 Å². The van der Waals surface area contributed by atoms with Crippen LogP contribution in [-0.4, -0.2) is 36.4 Å². The van der Waals surface area contributed by atoms with Crippen LogP contribution in [0.3, 0.4) is 0 Å².